The van der Waals surface area contributed by atoms with E-state index in [4.69, 9.17) is 0 Å². The third kappa shape index (κ3) is 4.31. The van der Waals surface area contributed by atoms with Gasteiger partial charge in [0.15, 0.2) is 5.03 Å². The molecular formula is C22H30N4O4S2. The van der Waals surface area contributed by atoms with E-state index in [-0.39, 0.29) is 29.4 Å². The molecule has 0 radical (unpaired) electrons. The van der Waals surface area contributed by atoms with Gasteiger partial charge in [-0.1, -0.05) is 20.8 Å². The zero-order valence-corrected chi connectivity index (χ0v) is 20.3. The highest BCUT2D eigenvalue weighted by Gasteiger charge is 2.33. The Morgan fingerprint density at radius 3 is 2.41 bits per heavy atom. The smallest absolute Gasteiger partial charge is 0.260 e. The van der Waals surface area contributed by atoms with E-state index in [1.807, 2.05) is 6.07 Å². The van der Waals surface area contributed by atoms with E-state index in [0.717, 1.165) is 27.9 Å². The Bertz CT molecular complexity index is 1350. The highest BCUT2D eigenvalue weighted by molar-refractivity contribution is 7.91. The van der Waals surface area contributed by atoms with Crippen LogP contribution in [-0.2, 0) is 25.3 Å². The lowest BCUT2D eigenvalue weighted by Crippen LogP contribution is -2.42. The molecule has 32 heavy (non-hydrogen) atoms. The number of rotatable bonds is 4. The zero-order chi connectivity index (χ0) is 23.3. The SMILES string of the molecule is CN(C1CCS(=O)(=O)CC1)S(=O)(=O)c1ccc(-c2ccnc3[nH]c(C(C)(C)C)cc23)cn1.[HH]. The summed E-state index contributed by atoms with van der Waals surface area (Å²) in [5.41, 5.74) is 3.50. The number of fused-ring (bicyclic) bond motifs is 1. The van der Waals surface area contributed by atoms with E-state index >= 15 is 0 Å². The predicted octanol–water partition coefficient (Wildman–Crippen LogP) is 3.37. The average molecular weight is 479 g/mol. The molecule has 174 valence electrons. The van der Waals surface area contributed by atoms with Gasteiger partial charge in [-0.15, -0.1) is 0 Å². The third-order valence-electron chi connectivity index (χ3n) is 6.07. The first-order chi connectivity index (χ1) is 14.9. The maximum atomic E-state index is 13.1. The van der Waals surface area contributed by atoms with Crippen molar-refractivity contribution in [1.82, 2.24) is 19.3 Å². The van der Waals surface area contributed by atoms with Gasteiger partial charge >= 0.3 is 0 Å². The molecule has 0 atom stereocenters. The lowest BCUT2D eigenvalue weighted by Gasteiger charge is -2.30. The fraction of sp³-hybridized carbons (Fsp3) is 0.455. The molecule has 3 aromatic heterocycles. The Labute approximate surface area is 190 Å². The summed E-state index contributed by atoms with van der Waals surface area (Å²) < 4.78 is 50.7. The molecule has 0 bridgehead atoms. The molecule has 1 N–H and O–H groups in total. The van der Waals surface area contributed by atoms with E-state index in [9.17, 15) is 16.8 Å². The van der Waals surface area contributed by atoms with Crippen molar-refractivity contribution >= 4 is 30.9 Å². The number of H-pyrrole nitrogens is 1. The second kappa shape index (κ2) is 7.93. The average Bonchev–Trinajstić information content (AvgIpc) is 3.18. The van der Waals surface area contributed by atoms with Crippen LogP contribution in [0.15, 0.2) is 41.7 Å². The first kappa shape index (κ1) is 22.9. The van der Waals surface area contributed by atoms with Crippen molar-refractivity contribution in [3.8, 4) is 11.1 Å². The Morgan fingerprint density at radius 2 is 1.81 bits per heavy atom. The molecule has 4 rings (SSSR count). The van der Waals surface area contributed by atoms with Gasteiger partial charge in [-0.05, 0) is 42.7 Å². The number of hydrogen-bond acceptors (Lipinski definition) is 6. The van der Waals surface area contributed by atoms with Crippen molar-refractivity contribution in [2.45, 2.75) is 50.1 Å². The van der Waals surface area contributed by atoms with Crippen molar-refractivity contribution in [2.24, 2.45) is 0 Å². The molecule has 4 heterocycles. The Hall–Kier alpha value is -2.30. The summed E-state index contributed by atoms with van der Waals surface area (Å²) in [6, 6.07) is 6.87. The first-order valence-electron chi connectivity index (χ1n) is 10.5. The van der Waals surface area contributed by atoms with Gasteiger partial charge in [-0.2, -0.15) is 4.31 Å². The highest BCUT2D eigenvalue weighted by Crippen LogP contribution is 2.32. The molecule has 0 aromatic carbocycles. The molecule has 1 aliphatic rings. The minimum Gasteiger partial charge on any atom is -0.343 e. The van der Waals surface area contributed by atoms with Crippen molar-refractivity contribution in [3.05, 3.63) is 42.4 Å². The summed E-state index contributed by atoms with van der Waals surface area (Å²) in [4.78, 5) is 12.0. The summed E-state index contributed by atoms with van der Waals surface area (Å²) in [7, 11) is -5.40. The summed E-state index contributed by atoms with van der Waals surface area (Å²) in [5.74, 6) is 0.0182. The summed E-state index contributed by atoms with van der Waals surface area (Å²) >= 11 is 0. The lowest BCUT2D eigenvalue weighted by molar-refractivity contribution is 0.341. The predicted molar refractivity (Wildman–Crippen MR) is 127 cm³/mol. The van der Waals surface area contributed by atoms with E-state index in [2.05, 4.69) is 41.8 Å². The van der Waals surface area contributed by atoms with Crippen LogP contribution in [0.1, 0.15) is 40.7 Å². The van der Waals surface area contributed by atoms with Crippen LogP contribution in [0.4, 0.5) is 0 Å². The maximum absolute atomic E-state index is 13.1. The maximum Gasteiger partial charge on any atom is 0.260 e. The third-order valence-corrected chi connectivity index (χ3v) is 9.61. The monoisotopic (exact) mass is 478 g/mol. The summed E-state index contributed by atoms with van der Waals surface area (Å²) in [6.07, 6.45) is 3.88. The molecule has 0 spiro atoms. The summed E-state index contributed by atoms with van der Waals surface area (Å²) in [5, 5.41) is 0.905. The van der Waals surface area contributed by atoms with E-state index in [1.165, 1.54) is 17.4 Å². The molecule has 8 nitrogen and oxygen atoms in total. The van der Waals surface area contributed by atoms with Crippen molar-refractivity contribution in [1.29, 1.82) is 0 Å². The minimum atomic E-state index is -3.82. The Kier molecular flexibility index (Phi) is 5.67. The molecule has 0 unspecified atom stereocenters. The van der Waals surface area contributed by atoms with Crippen LogP contribution in [0.5, 0.6) is 0 Å². The van der Waals surface area contributed by atoms with Gasteiger partial charge in [0.25, 0.3) is 10.0 Å². The lowest BCUT2D eigenvalue weighted by atomic mass is 9.92. The zero-order valence-electron chi connectivity index (χ0n) is 18.7. The quantitative estimate of drug-likeness (QED) is 0.615. The summed E-state index contributed by atoms with van der Waals surface area (Å²) in [6.45, 7) is 6.37. The Balaban J connectivity index is 0.00000306. The molecule has 1 fully saturated rings. The van der Waals surface area contributed by atoms with Gasteiger partial charge in [0.2, 0.25) is 0 Å². The van der Waals surface area contributed by atoms with Crippen molar-refractivity contribution in [2.75, 3.05) is 18.6 Å². The van der Waals surface area contributed by atoms with Gasteiger partial charge in [-0.3, -0.25) is 0 Å². The Morgan fingerprint density at radius 1 is 1.12 bits per heavy atom. The number of sulfonamides is 1. The second-order valence-corrected chi connectivity index (χ2v) is 13.6. The number of nitrogens with zero attached hydrogens (tertiary/aromatic N) is 3. The van der Waals surface area contributed by atoms with E-state index in [0.29, 0.717) is 12.8 Å². The van der Waals surface area contributed by atoms with Crippen LogP contribution in [-0.4, -0.2) is 60.7 Å². The molecule has 1 aliphatic heterocycles. The molecular weight excluding hydrogens is 448 g/mol. The molecule has 10 heteroatoms. The highest BCUT2D eigenvalue weighted by atomic mass is 32.2. The van der Waals surface area contributed by atoms with E-state index < -0.39 is 19.9 Å². The van der Waals surface area contributed by atoms with Gasteiger partial charge in [0.05, 0.1) is 11.5 Å². The van der Waals surface area contributed by atoms with Gasteiger partial charge in [0.1, 0.15) is 15.5 Å². The molecule has 1 saturated heterocycles. The second-order valence-electron chi connectivity index (χ2n) is 9.34. The van der Waals surface area contributed by atoms with Crippen molar-refractivity contribution < 1.29 is 18.3 Å². The number of aromatic amines is 1. The number of sulfone groups is 1. The number of aromatic nitrogens is 3. The fourth-order valence-electron chi connectivity index (χ4n) is 3.96. The van der Waals surface area contributed by atoms with Crippen LogP contribution < -0.4 is 0 Å². The van der Waals surface area contributed by atoms with Crippen LogP contribution >= 0.6 is 0 Å². The largest absolute Gasteiger partial charge is 0.343 e. The van der Waals surface area contributed by atoms with Crippen LogP contribution in [0, 0.1) is 0 Å². The normalized spacial score (nSPS) is 17.8. The molecule has 0 aliphatic carbocycles. The van der Waals surface area contributed by atoms with Crippen LogP contribution in [0.2, 0.25) is 0 Å². The first-order valence-corrected chi connectivity index (χ1v) is 13.8. The fourth-order valence-corrected chi connectivity index (χ4v) is 6.75. The molecule has 0 saturated carbocycles. The van der Waals surface area contributed by atoms with Gasteiger partial charge < -0.3 is 4.98 Å². The van der Waals surface area contributed by atoms with Crippen molar-refractivity contribution in [3.63, 3.8) is 0 Å². The van der Waals surface area contributed by atoms with Gasteiger partial charge in [-0.25, -0.2) is 26.8 Å². The van der Waals surface area contributed by atoms with Gasteiger partial charge in [0, 0.05) is 49.0 Å². The molecule has 0 amide bonds. The van der Waals surface area contributed by atoms with E-state index in [1.54, 1.807) is 18.5 Å². The number of hydrogen-bond donors (Lipinski definition) is 1. The minimum absolute atomic E-state index is 0. The standard InChI is InChI=1S/C22H28N4O4S2.H2/c1-22(2,3)19-13-18-17(7-10-23-21(18)25-19)15-5-6-20(24-14-15)32(29,30)26(4)16-8-11-31(27,28)12-9-16;/h5-7,10,13-14,16H,8-9,11-12H2,1-4H3,(H,23,25);1H. The van der Waals surface area contributed by atoms with Crippen LogP contribution in [0.3, 0.4) is 0 Å². The number of pyridine rings is 2. The molecule has 3 aromatic rings. The topological polar surface area (TPSA) is 113 Å². The van der Waals surface area contributed by atoms with Crippen LogP contribution in [0.25, 0.3) is 22.2 Å². The number of nitrogens with one attached hydrogen (secondary N) is 1.